The van der Waals surface area contributed by atoms with E-state index in [1.54, 1.807) is 9.80 Å². The van der Waals surface area contributed by atoms with Gasteiger partial charge < -0.3 is 20.2 Å². The van der Waals surface area contributed by atoms with Gasteiger partial charge >= 0.3 is 12.3 Å². The summed E-state index contributed by atoms with van der Waals surface area (Å²) in [6.45, 7) is 7.06. The maximum absolute atomic E-state index is 13.4. The van der Waals surface area contributed by atoms with Gasteiger partial charge in [0.2, 0.25) is 5.91 Å². The van der Waals surface area contributed by atoms with E-state index in [-0.39, 0.29) is 23.7 Å². The molecule has 2 fully saturated rings. The number of carbonyl (C=O) groups excluding carboxylic acids is 1. The summed E-state index contributed by atoms with van der Waals surface area (Å²) in [6, 6.07) is 1.83. The van der Waals surface area contributed by atoms with E-state index in [0.717, 1.165) is 12.1 Å². The van der Waals surface area contributed by atoms with Crippen LogP contribution in [0, 0.1) is 18.3 Å². The quantitative estimate of drug-likeness (QED) is 0.745. The maximum Gasteiger partial charge on any atom is 0.416 e. The minimum absolute atomic E-state index is 0.00465. The number of carbonyl (C=O) groups is 2. The topological polar surface area (TPSA) is 85.8 Å². The molecule has 0 bridgehead atoms. The van der Waals surface area contributed by atoms with Crippen LogP contribution in [0.25, 0.3) is 0 Å². The molecule has 7 nitrogen and oxygen atoms in total. The van der Waals surface area contributed by atoms with Crippen LogP contribution in [0.15, 0.2) is 12.1 Å². The zero-order valence-corrected chi connectivity index (χ0v) is 18.0. The lowest BCUT2D eigenvalue weighted by Gasteiger charge is -2.42. The van der Waals surface area contributed by atoms with Crippen molar-refractivity contribution in [2.45, 2.75) is 52.3 Å². The van der Waals surface area contributed by atoms with Crippen molar-refractivity contribution in [3.63, 3.8) is 0 Å². The van der Waals surface area contributed by atoms with Crippen molar-refractivity contribution in [1.29, 1.82) is 0 Å². The van der Waals surface area contributed by atoms with Gasteiger partial charge in [0.25, 0.3) is 0 Å². The number of carboxylic acid groups (broad SMARTS) is 1. The predicted octanol–water partition coefficient (Wildman–Crippen LogP) is 3.52. The van der Waals surface area contributed by atoms with Crippen molar-refractivity contribution in [3.05, 3.63) is 23.4 Å². The Morgan fingerprint density at radius 1 is 1.23 bits per heavy atom. The summed E-state index contributed by atoms with van der Waals surface area (Å²) in [6.07, 6.45) is -3.83. The summed E-state index contributed by atoms with van der Waals surface area (Å²) in [5.74, 6) is 0.320. The smallest absolute Gasteiger partial charge is 0.416 e. The Labute approximate surface area is 179 Å². The van der Waals surface area contributed by atoms with Gasteiger partial charge in [0.15, 0.2) is 0 Å². The molecule has 0 unspecified atom stereocenters. The number of nitrogens with zero attached hydrogens (tertiary/aromatic N) is 3. The van der Waals surface area contributed by atoms with Gasteiger partial charge in [0, 0.05) is 37.9 Å². The van der Waals surface area contributed by atoms with Gasteiger partial charge in [-0.15, -0.1) is 0 Å². The lowest BCUT2D eigenvalue weighted by Crippen LogP contribution is -2.54. The number of amides is 2. The highest BCUT2D eigenvalue weighted by molar-refractivity contribution is 5.84. The predicted molar refractivity (Wildman–Crippen MR) is 109 cm³/mol. The van der Waals surface area contributed by atoms with Crippen molar-refractivity contribution in [3.8, 4) is 0 Å². The number of pyridine rings is 1. The molecule has 1 aliphatic heterocycles. The van der Waals surface area contributed by atoms with Crippen molar-refractivity contribution in [2.75, 3.05) is 31.1 Å². The summed E-state index contributed by atoms with van der Waals surface area (Å²) in [4.78, 5) is 32.2. The fourth-order valence-corrected chi connectivity index (χ4v) is 4.77. The first-order valence-corrected chi connectivity index (χ1v) is 10.5. The molecule has 31 heavy (non-hydrogen) atoms. The number of alkyl halides is 3. The number of aryl methyl sites for hydroxylation is 1. The first kappa shape index (κ1) is 23.1. The highest BCUT2D eigenvalue weighted by atomic mass is 19.4. The molecule has 10 heteroatoms. The standard InChI is InChI=1S/C21H29F3N4O3/c1-13(2)20(5-4-16(12-20)26-19(30)31)18(29)28-8-6-27(7-9-28)17-11-15(21(22,23)24)10-14(3)25-17/h10-11,13,16,26H,4-9,12H2,1-3H3,(H,30,31)/t16-,20+/m1/s1. The molecule has 0 aromatic carbocycles. The lowest BCUT2D eigenvalue weighted by molar-refractivity contribution is -0.145. The minimum Gasteiger partial charge on any atom is -0.465 e. The van der Waals surface area contributed by atoms with Crippen molar-refractivity contribution < 1.29 is 27.9 Å². The molecule has 3 rings (SSSR count). The number of hydrogen-bond donors (Lipinski definition) is 2. The van der Waals surface area contributed by atoms with Crippen LogP contribution < -0.4 is 10.2 Å². The Kier molecular flexibility index (Phi) is 6.38. The molecular weight excluding hydrogens is 413 g/mol. The molecule has 2 heterocycles. The molecule has 172 valence electrons. The number of anilines is 1. The zero-order chi connectivity index (χ0) is 23.0. The third-order valence-electron chi connectivity index (χ3n) is 6.57. The molecule has 0 radical (unpaired) electrons. The number of hydrogen-bond acceptors (Lipinski definition) is 4. The number of rotatable bonds is 4. The average Bonchev–Trinajstić information content (AvgIpc) is 3.11. The van der Waals surface area contributed by atoms with Crippen LogP contribution in [-0.2, 0) is 11.0 Å². The molecule has 1 aliphatic carbocycles. The second kappa shape index (κ2) is 8.55. The van der Waals surface area contributed by atoms with E-state index in [1.807, 2.05) is 13.8 Å². The Hall–Kier alpha value is -2.52. The summed E-state index contributed by atoms with van der Waals surface area (Å²) in [5, 5.41) is 11.5. The molecule has 2 aliphatic rings. The van der Waals surface area contributed by atoms with E-state index in [9.17, 15) is 22.8 Å². The van der Waals surface area contributed by atoms with Crippen LogP contribution in [0.3, 0.4) is 0 Å². The van der Waals surface area contributed by atoms with Gasteiger partial charge in [0.05, 0.1) is 11.0 Å². The van der Waals surface area contributed by atoms with Gasteiger partial charge in [-0.1, -0.05) is 13.8 Å². The minimum atomic E-state index is -4.44. The highest BCUT2D eigenvalue weighted by Gasteiger charge is 2.49. The Balaban J connectivity index is 1.70. The van der Waals surface area contributed by atoms with Crippen molar-refractivity contribution >= 4 is 17.8 Å². The molecule has 2 amide bonds. The van der Waals surface area contributed by atoms with Gasteiger partial charge in [-0.3, -0.25) is 4.79 Å². The van der Waals surface area contributed by atoms with E-state index in [4.69, 9.17) is 5.11 Å². The average molecular weight is 442 g/mol. The van der Waals surface area contributed by atoms with Crippen LogP contribution >= 0.6 is 0 Å². The van der Waals surface area contributed by atoms with Gasteiger partial charge in [-0.2, -0.15) is 13.2 Å². The molecular formula is C21H29F3N4O3. The normalized spacial score (nSPS) is 24.5. The Morgan fingerprint density at radius 2 is 1.87 bits per heavy atom. The van der Waals surface area contributed by atoms with Gasteiger partial charge in [-0.25, -0.2) is 9.78 Å². The molecule has 1 aromatic heterocycles. The first-order chi connectivity index (χ1) is 14.4. The molecule has 1 saturated carbocycles. The fraction of sp³-hybridized carbons (Fsp3) is 0.667. The number of nitrogens with one attached hydrogen (secondary N) is 1. The summed E-state index contributed by atoms with van der Waals surface area (Å²) in [5.41, 5.74) is -1.06. The van der Waals surface area contributed by atoms with Gasteiger partial charge in [0.1, 0.15) is 5.82 Å². The van der Waals surface area contributed by atoms with Gasteiger partial charge in [-0.05, 0) is 44.2 Å². The third-order valence-corrected chi connectivity index (χ3v) is 6.57. The van der Waals surface area contributed by atoms with Crippen LogP contribution in [0.5, 0.6) is 0 Å². The molecule has 0 spiro atoms. The largest absolute Gasteiger partial charge is 0.465 e. The number of halogens is 3. The van der Waals surface area contributed by atoms with Crippen LogP contribution in [-0.4, -0.2) is 59.2 Å². The van der Waals surface area contributed by atoms with Crippen LogP contribution in [0.2, 0.25) is 0 Å². The summed E-state index contributed by atoms with van der Waals surface area (Å²) in [7, 11) is 0. The Bertz CT molecular complexity index is 838. The summed E-state index contributed by atoms with van der Waals surface area (Å²) >= 11 is 0. The van der Waals surface area contributed by atoms with Crippen molar-refractivity contribution in [1.82, 2.24) is 15.2 Å². The van der Waals surface area contributed by atoms with E-state index in [1.165, 1.54) is 6.92 Å². The second-order valence-corrected chi connectivity index (χ2v) is 8.83. The zero-order valence-electron chi connectivity index (χ0n) is 18.0. The first-order valence-electron chi connectivity index (χ1n) is 10.5. The molecule has 1 saturated heterocycles. The highest BCUT2D eigenvalue weighted by Crippen LogP contribution is 2.46. The summed E-state index contributed by atoms with van der Waals surface area (Å²) < 4.78 is 39.4. The van der Waals surface area contributed by atoms with E-state index in [0.29, 0.717) is 51.1 Å². The number of aromatic nitrogens is 1. The molecule has 1 aromatic rings. The SMILES string of the molecule is Cc1cc(C(F)(F)F)cc(N2CCN(C(=O)[C@@]3(C(C)C)CC[C@@H](NC(=O)O)C3)CC2)n1. The van der Waals surface area contributed by atoms with Crippen LogP contribution in [0.1, 0.15) is 44.4 Å². The monoisotopic (exact) mass is 442 g/mol. The fourth-order valence-electron chi connectivity index (χ4n) is 4.77. The van der Waals surface area contributed by atoms with E-state index in [2.05, 4.69) is 10.3 Å². The Morgan fingerprint density at radius 3 is 2.42 bits per heavy atom. The van der Waals surface area contributed by atoms with Crippen LogP contribution in [0.4, 0.5) is 23.8 Å². The second-order valence-electron chi connectivity index (χ2n) is 8.83. The molecule has 2 N–H and O–H groups in total. The van der Waals surface area contributed by atoms with E-state index < -0.39 is 23.2 Å². The van der Waals surface area contributed by atoms with E-state index >= 15 is 0 Å². The van der Waals surface area contributed by atoms with Crippen molar-refractivity contribution in [2.24, 2.45) is 11.3 Å². The lowest BCUT2D eigenvalue weighted by atomic mass is 9.74. The maximum atomic E-state index is 13.4. The molecule has 2 atom stereocenters. The number of piperazine rings is 1. The third kappa shape index (κ3) is 4.88.